The van der Waals surface area contributed by atoms with Gasteiger partial charge >= 0.3 is 0 Å². The summed E-state index contributed by atoms with van der Waals surface area (Å²) in [5.41, 5.74) is 0.318. The number of sulfone groups is 1. The molecule has 0 fully saturated rings. The summed E-state index contributed by atoms with van der Waals surface area (Å²) in [7, 11) is -3.58. The lowest BCUT2D eigenvalue weighted by molar-refractivity contribution is -0.113. The molecule has 0 saturated carbocycles. The zero-order valence-corrected chi connectivity index (χ0v) is 12.0. The Morgan fingerprint density at radius 1 is 1.26 bits per heavy atom. The SMILES string of the molecule is N#CCCS(=O)(=O)CC(=O)Nc1cc(Cl)cc(Cl)c1. The van der Waals surface area contributed by atoms with Gasteiger partial charge in [0.1, 0.15) is 5.75 Å². The zero-order chi connectivity index (χ0) is 14.5. The van der Waals surface area contributed by atoms with Crippen molar-refractivity contribution in [1.82, 2.24) is 0 Å². The lowest BCUT2D eigenvalue weighted by atomic mass is 10.3. The first kappa shape index (κ1) is 15.8. The molecule has 0 aliphatic carbocycles. The molecular formula is C11H10Cl2N2O3S. The first-order valence-electron chi connectivity index (χ1n) is 5.16. The first-order chi connectivity index (χ1) is 8.82. The Morgan fingerprint density at radius 2 is 1.84 bits per heavy atom. The van der Waals surface area contributed by atoms with Crippen LogP contribution >= 0.6 is 23.2 Å². The van der Waals surface area contributed by atoms with Crippen molar-refractivity contribution in [2.24, 2.45) is 0 Å². The van der Waals surface area contributed by atoms with Crippen LogP contribution < -0.4 is 5.32 Å². The van der Waals surface area contributed by atoms with Gasteiger partial charge in [0.25, 0.3) is 0 Å². The fraction of sp³-hybridized carbons (Fsp3) is 0.273. The summed E-state index contributed by atoms with van der Waals surface area (Å²) < 4.78 is 22.9. The minimum atomic E-state index is -3.58. The zero-order valence-electron chi connectivity index (χ0n) is 9.69. The predicted octanol–water partition coefficient (Wildman–Crippen LogP) is 2.26. The molecule has 0 aliphatic rings. The summed E-state index contributed by atoms with van der Waals surface area (Å²) in [5, 5.41) is 11.4. The van der Waals surface area contributed by atoms with Gasteiger partial charge in [0.05, 0.1) is 11.8 Å². The van der Waals surface area contributed by atoms with E-state index in [1.54, 1.807) is 6.07 Å². The third-order valence-corrected chi connectivity index (χ3v) is 3.99. The third kappa shape index (κ3) is 5.92. The number of nitriles is 1. The molecule has 1 amide bonds. The quantitative estimate of drug-likeness (QED) is 0.901. The van der Waals surface area contributed by atoms with Gasteiger partial charge < -0.3 is 5.32 Å². The molecule has 0 heterocycles. The number of benzene rings is 1. The van der Waals surface area contributed by atoms with Gasteiger partial charge in [-0.05, 0) is 18.2 Å². The van der Waals surface area contributed by atoms with E-state index in [0.717, 1.165) is 0 Å². The van der Waals surface area contributed by atoms with E-state index >= 15 is 0 Å². The number of halogens is 2. The molecular weight excluding hydrogens is 311 g/mol. The number of hydrogen-bond acceptors (Lipinski definition) is 4. The Morgan fingerprint density at radius 3 is 2.37 bits per heavy atom. The molecule has 0 saturated heterocycles. The maximum atomic E-state index is 11.6. The molecule has 19 heavy (non-hydrogen) atoms. The number of carbonyl (C=O) groups excluding carboxylic acids is 1. The van der Waals surface area contributed by atoms with Crippen molar-refractivity contribution in [1.29, 1.82) is 5.26 Å². The lowest BCUT2D eigenvalue weighted by Gasteiger charge is -2.06. The van der Waals surface area contributed by atoms with Crippen LogP contribution in [-0.2, 0) is 14.6 Å². The highest BCUT2D eigenvalue weighted by Gasteiger charge is 2.16. The molecule has 1 rings (SSSR count). The van der Waals surface area contributed by atoms with Crippen LogP contribution in [-0.4, -0.2) is 25.8 Å². The van der Waals surface area contributed by atoms with Crippen LogP contribution in [0.4, 0.5) is 5.69 Å². The molecule has 0 atom stereocenters. The van der Waals surface area contributed by atoms with Crippen molar-refractivity contribution >= 4 is 44.6 Å². The van der Waals surface area contributed by atoms with Crippen LogP contribution in [0, 0.1) is 11.3 Å². The molecule has 0 unspecified atom stereocenters. The van der Waals surface area contributed by atoms with E-state index in [4.69, 9.17) is 28.5 Å². The maximum absolute atomic E-state index is 11.6. The topological polar surface area (TPSA) is 87.0 Å². The summed E-state index contributed by atoms with van der Waals surface area (Å²) in [5.74, 6) is -1.72. The van der Waals surface area contributed by atoms with Gasteiger partial charge in [-0.3, -0.25) is 4.79 Å². The number of anilines is 1. The molecule has 1 aromatic carbocycles. The second kappa shape index (κ2) is 6.75. The number of nitrogens with zero attached hydrogens (tertiary/aromatic N) is 1. The summed E-state index contributed by atoms with van der Waals surface area (Å²) in [6, 6.07) is 6.11. The number of rotatable bonds is 5. The molecule has 1 aromatic rings. The Balaban J connectivity index is 2.68. The number of hydrogen-bond donors (Lipinski definition) is 1. The number of amides is 1. The first-order valence-corrected chi connectivity index (χ1v) is 7.73. The summed E-state index contributed by atoms with van der Waals surface area (Å²) in [6.07, 6.45) is -0.140. The molecule has 102 valence electrons. The van der Waals surface area contributed by atoms with Crippen LogP contribution in [0.25, 0.3) is 0 Å². The summed E-state index contributed by atoms with van der Waals surface area (Å²) >= 11 is 11.5. The van der Waals surface area contributed by atoms with E-state index in [1.165, 1.54) is 18.2 Å². The van der Waals surface area contributed by atoms with Crippen molar-refractivity contribution < 1.29 is 13.2 Å². The lowest BCUT2D eigenvalue weighted by Crippen LogP contribution is -2.24. The predicted molar refractivity (Wildman–Crippen MR) is 74.0 cm³/mol. The molecule has 5 nitrogen and oxygen atoms in total. The second-order valence-electron chi connectivity index (χ2n) is 3.71. The average molecular weight is 321 g/mol. The van der Waals surface area contributed by atoms with Crippen molar-refractivity contribution in [3.8, 4) is 6.07 Å². The third-order valence-electron chi connectivity index (χ3n) is 2.02. The Kier molecular flexibility index (Phi) is 5.60. The monoisotopic (exact) mass is 320 g/mol. The van der Waals surface area contributed by atoms with Crippen LogP contribution in [0.5, 0.6) is 0 Å². The molecule has 0 radical (unpaired) electrons. The minimum Gasteiger partial charge on any atom is -0.325 e. The molecule has 0 aliphatic heterocycles. The van der Waals surface area contributed by atoms with Gasteiger partial charge in [0.2, 0.25) is 5.91 Å². The number of carbonyl (C=O) groups is 1. The van der Waals surface area contributed by atoms with Crippen molar-refractivity contribution in [3.05, 3.63) is 28.2 Å². The highest BCUT2D eigenvalue weighted by atomic mass is 35.5. The van der Waals surface area contributed by atoms with Crippen molar-refractivity contribution in [2.75, 3.05) is 16.8 Å². The van der Waals surface area contributed by atoms with Crippen molar-refractivity contribution in [2.45, 2.75) is 6.42 Å². The van der Waals surface area contributed by atoms with Gasteiger partial charge in [-0.1, -0.05) is 23.2 Å². The Labute approximate surface area is 121 Å². The van der Waals surface area contributed by atoms with Crippen LogP contribution in [0.3, 0.4) is 0 Å². The maximum Gasteiger partial charge on any atom is 0.239 e. The van der Waals surface area contributed by atoms with E-state index in [0.29, 0.717) is 15.7 Å². The van der Waals surface area contributed by atoms with Gasteiger partial charge in [-0.2, -0.15) is 5.26 Å². The molecule has 8 heteroatoms. The van der Waals surface area contributed by atoms with Crippen LogP contribution in [0.2, 0.25) is 10.0 Å². The Bertz CT molecular complexity index is 603. The van der Waals surface area contributed by atoms with Gasteiger partial charge in [-0.15, -0.1) is 0 Å². The van der Waals surface area contributed by atoms with E-state index < -0.39 is 21.5 Å². The van der Waals surface area contributed by atoms with Crippen LogP contribution in [0.1, 0.15) is 6.42 Å². The molecule has 0 spiro atoms. The fourth-order valence-corrected chi connectivity index (χ4v) is 2.84. The van der Waals surface area contributed by atoms with E-state index in [2.05, 4.69) is 5.32 Å². The molecule has 1 N–H and O–H groups in total. The van der Waals surface area contributed by atoms with Gasteiger partial charge in [0.15, 0.2) is 9.84 Å². The van der Waals surface area contributed by atoms with E-state index in [1.807, 2.05) is 0 Å². The number of nitrogens with one attached hydrogen (secondary N) is 1. The summed E-state index contributed by atoms with van der Waals surface area (Å²) in [6.45, 7) is 0. The highest BCUT2D eigenvalue weighted by molar-refractivity contribution is 7.92. The smallest absolute Gasteiger partial charge is 0.239 e. The average Bonchev–Trinajstić information content (AvgIpc) is 2.23. The normalized spacial score (nSPS) is 10.8. The standard InChI is InChI=1S/C11H10Cl2N2O3S/c12-8-4-9(13)6-10(5-8)15-11(16)7-19(17,18)3-1-2-14/h4-6H,1,3,7H2,(H,15,16). The second-order valence-corrected chi connectivity index (χ2v) is 6.76. The van der Waals surface area contributed by atoms with E-state index in [-0.39, 0.29) is 12.2 Å². The van der Waals surface area contributed by atoms with Crippen LogP contribution in [0.15, 0.2) is 18.2 Å². The highest BCUT2D eigenvalue weighted by Crippen LogP contribution is 2.22. The fourth-order valence-electron chi connectivity index (χ4n) is 1.30. The summed E-state index contributed by atoms with van der Waals surface area (Å²) in [4.78, 5) is 11.6. The van der Waals surface area contributed by atoms with Crippen molar-refractivity contribution in [3.63, 3.8) is 0 Å². The van der Waals surface area contributed by atoms with Gasteiger partial charge in [-0.25, -0.2) is 8.42 Å². The largest absolute Gasteiger partial charge is 0.325 e. The van der Waals surface area contributed by atoms with E-state index in [9.17, 15) is 13.2 Å². The molecule has 0 bridgehead atoms. The molecule has 0 aromatic heterocycles. The van der Waals surface area contributed by atoms with Gasteiger partial charge in [0, 0.05) is 22.2 Å². The Hall–Kier alpha value is -1.29. The minimum absolute atomic E-state index is 0.140.